The molecular formula is C22H18Br2N2O2. The lowest BCUT2D eigenvalue weighted by atomic mass is 9.83. The van der Waals surface area contributed by atoms with E-state index in [4.69, 9.17) is 0 Å². The molecule has 2 aromatic rings. The first-order valence-corrected chi connectivity index (χ1v) is 10.5. The molecule has 2 heterocycles. The minimum Gasteiger partial charge on any atom is -0.308 e. The van der Waals surface area contributed by atoms with Gasteiger partial charge in [-0.05, 0) is 54.1 Å². The van der Waals surface area contributed by atoms with Crippen molar-refractivity contribution in [2.45, 2.75) is 25.9 Å². The van der Waals surface area contributed by atoms with Gasteiger partial charge in [0.1, 0.15) is 0 Å². The van der Waals surface area contributed by atoms with Crippen LogP contribution in [0.25, 0.3) is 8.96 Å². The maximum Gasteiger partial charge on any atom is 0.224 e. The molecule has 0 radical (unpaired) electrons. The van der Waals surface area contributed by atoms with Crippen LogP contribution in [0, 0.1) is 0 Å². The third kappa shape index (κ3) is 3.05. The first kappa shape index (κ1) is 19.2. The largest absolute Gasteiger partial charge is 0.308 e. The molecule has 0 spiro atoms. The molecule has 4 rings (SSSR count). The normalized spacial score (nSPS) is 20.7. The highest BCUT2D eigenvalue weighted by molar-refractivity contribution is 9.15. The van der Waals surface area contributed by atoms with Gasteiger partial charge in [0.25, 0.3) is 0 Å². The number of rotatable bonds is 1. The Morgan fingerprint density at radius 1 is 0.714 bits per heavy atom. The van der Waals surface area contributed by atoms with Gasteiger partial charge in [-0.15, -0.1) is 0 Å². The van der Waals surface area contributed by atoms with Crippen LogP contribution in [0.1, 0.15) is 48.2 Å². The quantitative estimate of drug-likeness (QED) is 0.511. The Kier molecular flexibility index (Phi) is 5.02. The number of carbonyl (C=O) groups is 2. The number of amides is 2. The second-order valence-electron chi connectivity index (χ2n) is 6.87. The SMILES string of the molecule is CC(=O)N1C=C(Br)c2ccccc2[C@H]1[C@@H]1c2ccccc2C(Br)=CN1C(C)=O. The van der Waals surface area contributed by atoms with Crippen molar-refractivity contribution in [2.75, 3.05) is 0 Å². The van der Waals surface area contributed by atoms with Crippen LogP contribution in [0.2, 0.25) is 0 Å². The standard InChI is InChI=1S/C22H18Br2N2O2/c1-13(27)25-11-19(23)15-7-3-5-9-17(15)21(25)22-18-10-6-4-8-16(18)20(24)12-26(22)14(2)28/h3-12,21-22H,1-2H3/t21-,22-/m0/s1. The lowest BCUT2D eigenvalue weighted by Crippen LogP contribution is -2.43. The maximum absolute atomic E-state index is 12.6. The zero-order valence-corrected chi connectivity index (χ0v) is 18.6. The predicted molar refractivity (Wildman–Crippen MR) is 117 cm³/mol. The van der Waals surface area contributed by atoms with Crippen molar-refractivity contribution in [1.29, 1.82) is 0 Å². The van der Waals surface area contributed by atoms with Crippen molar-refractivity contribution in [2.24, 2.45) is 0 Å². The van der Waals surface area contributed by atoms with Gasteiger partial charge in [-0.2, -0.15) is 0 Å². The van der Waals surface area contributed by atoms with Crippen LogP contribution in [-0.2, 0) is 9.59 Å². The zero-order chi connectivity index (χ0) is 20.0. The molecule has 0 fully saturated rings. The van der Waals surface area contributed by atoms with Gasteiger partial charge >= 0.3 is 0 Å². The molecule has 28 heavy (non-hydrogen) atoms. The van der Waals surface area contributed by atoms with Gasteiger partial charge in [0.2, 0.25) is 11.8 Å². The van der Waals surface area contributed by atoms with Gasteiger partial charge in [-0.3, -0.25) is 9.59 Å². The van der Waals surface area contributed by atoms with E-state index in [1.807, 2.05) is 60.9 Å². The Morgan fingerprint density at radius 2 is 1.07 bits per heavy atom. The maximum atomic E-state index is 12.6. The van der Waals surface area contributed by atoms with E-state index in [1.165, 1.54) is 0 Å². The van der Waals surface area contributed by atoms with Crippen molar-refractivity contribution >= 4 is 52.6 Å². The number of nitrogens with zero attached hydrogens (tertiary/aromatic N) is 2. The fourth-order valence-electron chi connectivity index (χ4n) is 4.01. The molecule has 4 nitrogen and oxygen atoms in total. The van der Waals surface area contributed by atoms with Gasteiger partial charge in [-0.1, -0.05) is 48.5 Å². The van der Waals surface area contributed by atoms with Crippen LogP contribution >= 0.6 is 31.9 Å². The van der Waals surface area contributed by atoms with E-state index in [-0.39, 0.29) is 23.9 Å². The van der Waals surface area contributed by atoms with Crippen molar-refractivity contribution in [3.63, 3.8) is 0 Å². The van der Waals surface area contributed by atoms with Crippen molar-refractivity contribution < 1.29 is 9.59 Å². The Balaban J connectivity index is 1.99. The number of hydrogen-bond acceptors (Lipinski definition) is 2. The second-order valence-corrected chi connectivity index (χ2v) is 8.58. The minimum atomic E-state index is -0.336. The lowest BCUT2D eigenvalue weighted by molar-refractivity contribution is -0.134. The summed E-state index contributed by atoms with van der Waals surface area (Å²) in [6, 6.07) is 15.3. The van der Waals surface area contributed by atoms with E-state index >= 15 is 0 Å². The molecule has 0 saturated heterocycles. The topological polar surface area (TPSA) is 40.6 Å². The molecule has 0 aliphatic carbocycles. The smallest absolute Gasteiger partial charge is 0.224 e. The number of carbonyl (C=O) groups excluding carboxylic acids is 2. The summed E-state index contributed by atoms with van der Waals surface area (Å²) in [7, 11) is 0. The molecule has 142 valence electrons. The summed E-state index contributed by atoms with van der Waals surface area (Å²) in [5.41, 5.74) is 4.06. The number of halogens is 2. The predicted octanol–water partition coefficient (Wildman–Crippen LogP) is 5.58. The molecule has 2 aliphatic heterocycles. The van der Waals surface area contributed by atoms with Crippen LogP contribution in [0.5, 0.6) is 0 Å². The van der Waals surface area contributed by atoms with Crippen LogP contribution < -0.4 is 0 Å². The van der Waals surface area contributed by atoms with Gasteiger partial charge in [-0.25, -0.2) is 0 Å². The summed E-state index contributed by atoms with van der Waals surface area (Å²) in [6.45, 7) is 3.10. The fourth-order valence-corrected chi connectivity index (χ4v) is 5.17. The molecular weight excluding hydrogens is 484 g/mol. The van der Waals surface area contributed by atoms with Crippen LogP contribution in [0.3, 0.4) is 0 Å². The molecule has 0 unspecified atom stereocenters. The van der Waals surface area contributed by atoms with Crippen LogP contribution in [0.15, 0.2) is 60.9 Å². The third-order valence-electron chi connectivity index (χ3n) is 5.20. The van der Waals surface area contributed by atoms with Gasteiger partial charge in [0, 0.05) is 35.2 Å². The van der Waals surface area contributed by atoms with E-state index in [9.17, 15) is 9.59 Å². The molecule has 2 amide bonds. The highest BCUT2D eigenvalue weighted by atomic mass is 79.9. The molecule has 2 atom stereocenters. The first-order chi connectivity index (χ1) is 13.4. The molecule has 0 saturated carbocycles. The second kappa shape index (κ2) is 7.33. The summed E-state index contributed by atoms with van der Waals surface area (Å²) < 4.78 is 1.70. The van der Waals surface area contributed by atoms with Gasteiger partial charge < -0.3 is 9.80 Å². The Labute approximate surface area is 180 Å². The van der Waals surface area contributed by atoms with E-state index in [1.54, 1.807) is 23.6 Å². The van der Waals surface area contributed by atoms with E-state index in [0.29, 0.717) is 0 Å². The Bertz CT molecular complexity index is 961. The molecule has 2 aromatic carbocycles. The average molecular weight is 502 g/mol. The lowest BCUT2D eigenvalue weighted by Gasteiger charge is -2.44. The van der Waals surface area contributed by atoms with Crippen LogP contribution in [-0.4, -0.2) is 21.6 Å². The summed E-state index contributed by atoms with van der Waals surface area (Å²) in [5.74, 6) is -0.155. The Hall–Kier alpha value is -2.18. The first-order valence-electron chi connectivity index (χ1n) is 8.91. The number of fused-ring (bicyclic) bond motifs is 2. The zero-order valence-electron chi connectivity index (χ0n) is 15.4. The molecule has 0 N–H and O–H groups in total. The highest BCUT2D eigenvalue weighted by Crippen LogP contribution is 2.50. The number of hydrogen-bond donors (Lipinski definition) is 0. The monoisotopic (exact) mass is 500 g/mol. The molecule has 0 bridgehead atoms. The summed E-state index contributed by atoms with van der Waals surface area (Å²) in [5, 5.41) is 0. The van der Waals surface area contributed by atoms with Crippen molar-refractivity contribution in [3.8, 4) is 0 Å². The van der Waals surface area contributed by atoms with E-state index < -0.39 is 0 Å². The van der Waals surface area contributed by atoms with Crippen LogP contribution in [0.4, 0.5) is 0 Å². The number of benzene rings is 2. The third-order valence-corrected chi connectivity index (χ3v) is 6.47. The summed E-state index contributed by atoms with van der Waals surface area (Å²) >= 11 is 7.20. The molecule has 6 heteroatoms. The highest BCUT2D eigenvalue weighted by Gasteiger charge is 2.42. The van der Waals surface area contributed by atoms with Gasteiger partial charge in [0.15, 0.2) is 0 Å². The summed E-state index contributed by atoms with van der Waals surface area (Å²) in [4.78, 5) is 28.6. The van der Waals surface area contributed by atoms with Gasteiger partial charge in [0.05, 0.1) is 12.1 Å². The van der Waals surface area contributed by atoms with Crippen molar-refractivity contribution in [1.82, 2.24) is 9.80 Å². The van der Waals surface area contributed by atoms with E-state index in [2.05, 4.69) is 31.9 Å². The average Bonchev–Trinajstić information content (AvgIpc) is 2.68. The summed E-state index contributed by atoms with van der Waals surface area (Å²) in [6.07, 6.45) is 3.65. The molecule has 0 aromatic heterocycles. The van der Waals surface area contributed by atoms with E-state index in [0.717, 1.165) is 31.2 Å². The molecule has 2 aliphatic rings. The van der Waals surface area contributed by atoms with Crippen molar-refractivity contribution in [3.05, 3.63) is 83.2 Å². The minimum absolute atomic E-state index is 0.0777. The Morgan fingerprint density at radius 3 is 1.43 bits per heavy atom. The fraction of sp³-hybridized carbons (Fsp3) is 0.182.